The lowest BCUT2D eigenvalue weighted by Gasteiger charge is -2.25. The number of hydrogen-bond acceptors (Lipinski definition) is 2. The molecule has 0 aliphatic heterocycles. The van der Waals surface area contributed by atoms with Crippen molar-refractivity contribution in [2.24, 2.45) is 10.3 Å². The fourth-order valence-electron chi connectivity index (χ4n) is 1.73. The monoisotopic (exact) mass is 291 g/mol. The fourth-order valence-corrected chi connectivity index (χ4v) is 1.73. The van der Waals surface area contributed by atoms with E-state index < -0.39 is 23.2 Å². The molecule has 1 rings (SSSR count). The third-order valence-electron chi connectivity index (χ3n) is 2.58. The van der Waals surface area contributed by atoms with Crippen LogP contribution in [0.3, 0.4) is 0 Å². The number of hydrogen-bond donors (Lipinski definition) is 0. The molecule has 0 aliphatic rings. The van der Waals surface area contributed by atoms with Gasteiger partial charge in [0.1, 0.15) is 5.82 Å². The maximum absolute atomic E-state index is 13.0. The molecule has 0 N–H and O–H groups in total. The lowest BCUT2D eigenvalue weighted by atomic mass is 10.1. The third-order valence-corrected chi connectivity index (χ3v) is 2.58. The van der Waals surface area contributed by atoms with E-state index in [1.54, 1.807) is 5.01 Å². The molecule has 0 aliphatic carbocycles. The van der Waals surface area contributed by atoms with Crippen molar-refractivity contribution in [1.29, 1.82) is 0 Å². The normalized spacial score (nSPS) is 12.7. The van der Waals surface area contributed by atoms with E-state index in [-0.39, 0.29) is 12.1 Å². The van der Waals surface area contributed by atoms with Crippen LogP contribution in [-0.4, -0.2) is 17.1 Å². The maximum atomic E-state index is 13.0. The van der Waals surface area contributed by atoms with Gasteiger partial charge in [0, 0.05) is 12.1 Å². The van der Waals surface area contributed by atoms with E-state index in [1.807, 2.05) is 27.7 Å². The van der Waals surface area contributed by atoms with Crippen molar-refractivity contribution in [2.75, 3.05) is 0 Å². The van der Waals surface area contributed by atoms with Crippen molar-refractivity contribution in [1.82, 2.24) is 5.01 Å². The van der Waals surface area contributed by atoms with Gasteiger partial charge >= 0.3 is 6.18 Å². The number of rotatable bonds is 4. The van der Waals surface area contributed by atoms with E-state index >= 15 is 0 Å². The van der Waals surface area contributed by atoms with E-state index in [9.17, 15) is 17.6 Å². The molecule has 0 atom stereocenters. The predicted molar refractivity (Wildman–Crippen MR) is 68.0 cm³/mol. The second-order valence-corrected chi connectivity index (χ2v) is 4.92. The van der Waals surface area contributed by atoms with Gasteiger partial charge in [-0.3, -0.25) is 5.01 Å². The van der Waals surface area contributed by atoms with E-state index in [0.29, 0.717) is 6.07 Å². The first kappa shape index (κ1) is 16.4. The van der Waals surface area contributed by atoms with Gasteiger partial charge < -0.3 is 0 Å². The molecule has 112 valence electrons. The minimum atomic E-state index is -4.67. The van der Waals surface area contributed by atoms with E-state index in [1.165, 1.54) is 0 Å². The quantitative estimate of drug-likeness (QED) is 0.437. The van der Waals surface area contributed by atoms with Gasteiger partial charge in [0.05, 0.1) is 11.3 Å². The molecule has 0 amide bonds. The van der Waals surface area contributed by atoms with Crippen LogP contribution in [0.25, 0.3) is 0 Å². The van der Waals surface area contributed by atoms with Gasteiger partial charge in [-0.15, -0.1) is 5.11 Å². The van der Waals surface area contributed by atoms with Crippen LogP contribution in [0.1, 0.15) is 33.3 Å². The summed E-state index contributed by atoms with van der Waals surface area (Å²) in [5.41, 5.74) is -1.53. The Bertz CT molecular complexity index is 473. The molecule has 20 heavy (non-hydrogen) atoms. The Morgan fingerprint density at radius 2 is 1.60 bits per heavy atom. The molecule has 0 spiro atoms. The van der Waals surface area contributed by atoms with Crippen molar-refractivity contribution in [2.45, 2.75) is 46.0 Å². The molecule has 3 nitrogen and oxygen atoms in total. The highest BCUT2D eigenvalue weighted by atomic mass is 19.4. The molecule has 0 bridgehead atoms. The Labute approximate surface area is 115 Å². The minimum Gasteiger partial charge on any atom is -0.273 e. The summed E-state index contributed by atoms with van der Waals surface area (Å²) in [6.07, 6.45) is -4.67. The molecule has 0 radical (unpaired) electrons. The molecular weight excluding hydrogens is 274 g/mol. The Morgan fingerprint density at radius 1 is 1.05 bits per heavy atom. The Hall–Kier alpha value is -1.66. The van der Waals surface area contributed by atoms with Gasteiger partial charge in [-0.1, -0.05) is 5.22 Å². The molecule has 7 heteroatoms. The van der Waals surface area contributed by atoms with Crippen molar-refractivity contribution >= 4 is 5.69 Å². The van der Waals surface area contributed by atoms with Crippen LogP contribution in [0.4, 0.5) is 23.2 Å². The predicted octanol–water partition coefficient (Wildman–Crippen LogP) is 4.96. The summed E-state index contributed by atoms with van der Waals surface area (Å²) in [6.45, 7) is 7.42. The molecule has 1 aromatic rings. The van der Waals surface area contributed by atoms with E-state index in [0.717, 1.165) is 12.1 Å². The van der Waals surface area contributed by atoms with Crippen LogP contribution >= 0.6 is 0 Å². The summed E-state index contributed by atoms with van der Waals surface area (Å²) in [4.78, 5) is 0. The standard InChI is InChI=1S/C13H17F4N3/c1-8(2)20(9(3)4)19-18-12-6-5-10(14)7-11(12)13(15,16)17/h5-9H,1-4H3. The largest absolute Gasteiger partial charge is 0.418 e. The average molecular weight is 291 g/mol. The second-order valence-electron chi connectivity index (χ2n) is 4.92. The Balaban J connectivity index is 3.15. The smallest absolute Gasteiger partial charge is 0.273 e. The minimum absolute atomic E-state index is 0.00599. The SMILES string of the molecule is CC(C)N(N=Nc1ccc(F)cc1C(F)(F)F)C(C)C. The first-order valence-corrected chi connectivity index (χ1v) is 6.19. The molecule has 0 saturated carbocycles. The van der Waals surface area contributed by atoms with Gasteiger partial charge in [0.15, 0.2) is 0 Å². The second kappa shape index (κ2) is 6.19. The molecule has 1 aromatic carbocycles. The van der Waals surface area contributed by atoms with Gasteiger partial charge in [-0.2, -0.15) is 13.2 Å². The zero-order valence-electron chi connectivity index (χ0n) is 11.7. The number of halogens is 4. The summed E-state index contributed by atoms with van der Waals surface area (Å²) in [7, 11) is 0. The molecule has 0 heterocycles. The van der Waals surface area contributed by atoms with Gasteiger partial charge in [-0.05, 0) is 45.9 Å². The third kappa shape index (κ3) is 4.18. The lowest BCUT2D eigenvalue weighted by molar-refractivity contribution is -0.137. The topological polar surface area (TPSA) is 28.0 Å². The Morgan fingerprint density at radius 3 is 2.05 bits per heavy atom. The van der Waals surface area contributed by atoms with E-state index in [4.69, 9.17) is 0 Å². The summed E-state index contributed by atoms with van der Waals surface area (Å²) < 4.78 is 51.3. The molecule has 0 saturated heterocycles. The zero-order valence-corrected chi connectivity index (χ0v) is 11.7. The maximum Gasteiger partial charge on any atom is 0.418 e. The summed E-state index contributed by atoms with van der Waals surface area (Å²) in [5.74, 6) is -0.958. The van der Waals surface area contributed by atoms with Crippen molar-refractivity contribution in [3.63, 3.8) is 0 Å². The molecule has 0 unspecified atom stereocenters. The highest BCUT2D eigenvalue weighted by Crippen LogP contribution is 2.37. The molecule has 0 fully saturated rings. The van der Waals surface area contributed by atoms with Crippen LogP contribution < -0.4 is 0 Å². The summed E-state index contributed by atoms with van der Waals surface area (Å²) in [5, 5.41) is 9.03. The fraction of sp³-hybridized carbons (Fsp3) is 0.538. The van der Waals surface area contributed by atoms with Crippen LogP contribution in [0, 0.1) is 5.82 Å². The van der Waals surface area contributed by atoms with Gasteiger partial charge in [0.25, 0.3) is 0 Å². The number of benzene rings is 1. The number of nitrogens with zero attached hydrogens (tertiary/aromatic N) is 3. The Kier molecular flexibility index (Phi) is 5.08. The molecule has 0 aromatic heterocycles. The highest BCUT2D eigenvalue weighted by Gasteiger charge is 2.34. The van der Waals surface area contributed by atoms with Crippen molar-refractivity contribution in [3.8, 4) is 0 Å². The van der Waals surface area contributed by atoms with E-state index in [2.05, 4.69) is 10.3 Å². The lowest BCUT2D eigenvalue weighted by Crippen LogP contribution is -2.31. The average Bonchev–Trinajstić information content (AvgIpc) is 2.28. The van der Waals surface area contributed by atoms with Crippen LogP contribution in [0.5, 0.6) is 0 Å². The van der Waals surface area contributed by atoms with Crippen LogP contribution in [-0.2, 0) is 6.18 Å². The van der Waals surface area contributed by atoms with Crippen LogP contribution in [0.2, 0.25) is 0 Å². The number of alkyl halides is 3. The van der Waals surface area contributed by atoms with Crippen LogP contribution in [0.15, 0.2) is 28.5 Å². The molecular formula is C13H17F4N3. The zero-order chi connectivity index (χ0) is 15.5. The van der Waals surface area contributed by atoms with Crippen molar-refractivity contribution < 1.29 is 17.6 Å². The summed E-state index contributed by atoms with van der Waals surface area (Å²) >= 11 is 0. The first-order valence-electron chi connectivity index (χ1n) is 6.19. The highest BCUT2D eigenvalue weighted by molar-refractivity contribution is 5.47. The van der Waals surface area contributed by atoms with Crippen molar-refractivity contribution in [3.05, 3.63) is 29.6 Å². The van der Waals surface area contributed by atoms with Gasteiger partial charge in [0.2, 0.25) is 0 Å². The first-order chi connectivity index (χ1) is 9.12. The summed E-state index contributed by atoms with van der Waals surface area (Å²) in [6, 6.07) is 2.31. The van der Waals surface area contributed by atoms with Gasteiger partial charge in [-0.25, -0.2) is 4.39 Å².